The van der Waals surface area contributed by atoms with Crippen molar-refractivity contribution in [2.45, 2.75) is 16.2 Å². The van der Waals surface area contributed by atoms with E-state index in [9.17, 15) is 0 Å². The molecule has 8 aliphatic rings. The topological polar surface area (TPSA) is 11.4 Å². The number of anilines is 6. The van der Waals surface area contributed by atoms with E-state index in [4.69, 9.17) is 0 Å². The number of hydrogen-bond donors (Lipinski definition) is 0. The van der Waals surface area contributed by atoms with E-state index in [0.717, 1.165) is 39.5 Å². The molecule has 0 atom stereocenters. The standard InChI is InChI=1S/C105H62BN3/c1-2-27-63(28-3-1)64-53-55-65(56-54-64)107-94-60-58-88-98(76-38-11-22-47-85(76)104(88)80-42-17-6-31-69(80)70-32-7-18-43-81(70)104)101(94)106-90-59-57-89-99(77-39-12-23-48-86(77)105(89)82-44-19-8-33-71(82)72-34-9-20-45-83(72)105)102(90)109(96-62-66(61-95(107)100(96)106)108-91-50-24-13-35-73(91)74-36-14-25-51-92(74)108)93-52-26-49-87-97(93)75-37-10-21-46-84(75)103(87)78-40-15-4-29-67(78)68-30-5-16-41-79(68)103/h1-62H. The monoisotopic (exact) mass is 1380 g/mol. The largest absolute Gasteiger partial charge is 0.311 e. The van der Waals surface area contributed by atoms with Gasteiger partial charge in [0.05, 0.1) is 38.7 Å². The Morgan fingerprint density at radius 2 is 0.569 bits per heavy atom. The van der Waals surface area contributed by atoms with Crippen molar-refractivity contribution < 1.29 is 0 Å². The Bertz CT molecular complexity index is 6960. The average molecular weight is 1380 g/mol. The molecule has 18 aromatic rings. The Morgan fingerprint density at radius 1 is 0.211 bits per heavy atom. The van der Waals surface area contributed by atoms with Crippen LogP contribution in [-0.2, 0) is 16.2 Å². The quantitative estimate of drug-likeness (QED) is 0.163. The van der Waals surface area contributed by atoms with Gasteiger partial charge in [-0.05, 0) is 198 Å². The molecule has 109 heavy (non-hydrogen) atoms. The van der Waals surface area contributed by atoms with Crippen LogP contribution in [0.3, 0.4) is 0 Å². The smallest absolute Gasteiger partial charge is 0.252 e. The Hall–Kier alpha value is -13.8. The Morgan fingerprint density at radius 3 is 1.06 bits per heavy atom. The maximum atomic E-state index is 2.84. The van der Waals surface area contributed by atoms with Gasteiger partial charge in [0.2, 0.25) is 0 Å². The molecule has 0 fully saturated rings. The van der Waals surface area contributed by atoms with Crippen molar-refractivity contribution in [2.24, 2.45) is 0 Å². The van der Waals surface area contributed by atoms with Crippen molar-refractivity contribution in [1.29, 1.82) is 0 Å². The highest BCUT2D eigenvalue weighted by atomic mass is 15.2. The molecule has 0 amide bonds. The summed E-state index contributed by atoms with van der Waals surface area (Å²) in [6.07, 6.45) is 0. The van der Waals surface area contributed by atoms with Gasteiger partial charge < -0.3 is 14.4 Å². The third-order valence-electron chi connectivity index (χ3n) is 26.6. The van der Waals surface area contributed by atoms with Crippen molar-refractivity contribution in [3.05, 3.63) is 443 Å². The van der Waals surface area contributed by atoms with Crippen LogP contribution in [0.4, 0.5) is 34.1 Å². The molecule has 3 nitrogen and oxygen atoms in total. The summed E-state index contributed by atoms with van der Waals surface area (Å²) in [7, 11) is 0. The van der Waals surface area contributed by atoms with Crippen LogP contribution in [0.1, 0.15) is 66.8 Å². The van der Waals surface area contributed by atoms with Gasteiger partial charge in [-0.15, -0.1) is 0 Å². The number of aromatic nitrogens is 1. The fraction of sp³-hybridized carbons (Fsp3) is 0.0286. The minimum atomic E-state index is -0.647. The summed E-state index contributed by atoms with van der Waals surface area (Å²) in [6, 6.07) is 146. The van der Waals surface area contributed by atoms with Gasteiger partial charge in [0.25, 0.3) is 6.71 Å². The van der Waals surface area contributed by atoms with Crippen molar-refractivity contribution >= 4 is 79.0 Å². The number of benzene rings is 17. The molecule has 3 heterocycles. The SMILES string of the molecule is c1ccc(-c2ccc(N3c4cc(-n5c6ccccc6c6ccccc65)cc5c4B(c4ccc6c(c4N5c4cccc5c4-c4ccccc4C54c5ccccc5-c5ccccc54)-c4ccccc4C64c5ccccc5-c5ccccc54)c4c3ccc3c4-c4ccccc4C34c3ccccc3-c3ccccc34)cc2)cc1. The minimum absolute atomic E-state index is 0.315. The molecule has 0 N–H and O–H groups in total. The summed E-state index contributed by atoms with van der Waals surface area (Å²) < 4.78 is 2.58. The van der Waals surface area contributed by atoms with Crippen LogP contribution >= 0.6 is 0 Å². The number of fused-ring (bicyclic) bond motifs is 39. The average Bonchev–Trinajstić information content (AvgIpc) is 1.52. The van der Waals surface area contributed by atoms with Crippen LogP contribution in [0.2, 0.25) is 0 Å². The highest BCUT2D eigenvalue weighted by Gasteiger charge is 2.59. The Labute approximate surface area is 631 Å². The molecule has 1 aromatic heterocycles. The van der Waals surface area contributed by atoms with Gasteiger partial charge in [0, 0.05) is 50.3 Å². The summed E-state index contributed by atoms with van der Waals surface area (Å²) >= 11 is 0. The van der Waals surface area contributed by atoms with Crippen LogP contribution in [-0.4, -0.2) is 11.3 Å². The molecular formula is C105H62BN3. The summed E-state index contributed by atoms with van der Waals surface area (Å²) in [5.74, 6) is 0. The predicted molar refractivity (Wildman–Crippen MR) is 449 cm³/mol. The number of nitrogens with zero attached hydrogens (tertiary/aromatic N) is 3. The first-order valence-corrected chi connectivity index (χ1v) is 38.4. The molecule has 6 aliphatic carbocycles. The van der Waals surface area contributed by atoms with Crippen molar-refractivity contribution in [2.75, 3.05) is 9.80 Å². The van der Waals surface area contributed by atoms with Crippen LogP contribution < -0.4 is 26.2 Å². The number of para-hydroxylation sites is 2. The van der Waals surface area contributed by atoms with E-state index in [2.05, 4.69) is 390 Å². The lowest BCUT2D eigenvalue weighted by molar-refractivity contribution is 0.793. The van der Waals surface area contributed by atoms with Crippen LogP contribution in [0, 0.1) is 0 Å². The van der Waals surface area contributed by atoms with E-state index in [-0.39, 0.29) is 6.71 Å². The Balaban J connectivity index is 0.866. The maximum absolute atomic E-state index is 2.84. The molecule has 500 valence electrons. The lowest BCUT2D eigenvalue weighted by Crippen LogP contribution is -2.62. The summed E-state index contributed by atoms with van der Waals surface area (Å²) in [5, 5.41) is 2.44. The van der Waals surface area contributed by atoms with E-state index >= 15 is 0 Å². The first kappa shape index (κ1) is 58.5. The highest BCUT2D eigenvalue weighted by molar-refractivity contribution is 7.01. The molecule has 26 rings (SSSR count). The third kappa shape index (κ3) is 6.88. The Kier molecular flexibility index (Phi) is 11.2. The van der Waals surface area contributed by atoms with Gasteiger partial charge in [-0.3, -0.25) is 0 Å². The lowest BCUT2D eigenvalue weighted by atomic mass is 9.32. The fourth-order valence-corrected chi connectivity index (χ4v) is 22.9. The number of rotatable bonds is 4. The second kappa shape index (κ2) is 20.8. The van der Waals surface area contributed by atoms with Crippen LogP contribution in [0.25, 0.3) is 105 Å². The van der Waals surface area contributed by atoms with Crippen LogP contribution in [0.5, 0.6) is 0 Å². The molecule has 0 radical (unpaired) electrons. The van der Waals surface area contributed by atoms with Crippen molar-refractivity contribution in [3.8, 4) is 83.6 Å². The maximum Gasteiger partial charge on any atom is 0.252 e. The molecular weight excluding hydrogens is 1310 g/mol. The number of hydrogen-bond acceptors (Lipinski definition) is 2. The summed E-state index contributed by atoms with van der Waals surface area (Å²) in [6.45, 7) is -0.315. The molecule has 0 saturated carbocycles. The molecule has 0 saturated heterocycles. The van der Waals surface area contributed by atoms with E-state index in [1.807, 2.05) is 0 Å². The van der Waals surface area contributed by atoms with E-state index in [1.165, 1.54) is 183 Å². The van der Waals surface area contributed by atoms with Gasteiger partial charge in [0.1, 0.15) is 0 Å². The van der Waals surface area contributed by atoms with Crippen molar-refractivity contribution in [3.63, 3.8) is 0 Å². The highest BCUT2D eigenvalue weighted by Crippen LogP contribution is 2.70. The minimum Gasteiger partial charge on any atom is -0.311 e. The molecule has 0 bridgehead atoms. The zero-order valence-corrected chi connectivity index (χ0v) is 59.2. The summed E-state index contributed by atoms with van der Waals surface area (Å²) in [5.41, 5.74) is 45.9. The molecule has 4 heteroatoms. The molecule has 3 spiro atoms. The first-order chi connectivity index (χ1) is 54.1. The van der Waals surface area contributed by atoms with E-state index < -0.39 is 16.2 Å². The second-order valence-corrected chi connectivity index (χ2v) is 31.0. The zero-order valence-electron chi connectivity index (χ0n) is 59.2. The van der Waals surface area contributed by atoms with Gasteiger partial charge in [-0.25, -0.2) is 0 Å². The van der Waals surface area contributed by atoms with Crippen molar-refractivity contribution in [1.82, 2.24) is 4.57 Å². The fourth-order valence-electron chi connectivity index (χ4n) is 22.9. The van der Waals surface area contributed by atoms with Gasteiger partial charge in [-0.2, -0.15) is 0 Å². The van der Waals surface area contributed by atoms with E-state index in [0.29, 0.717) is 0 Å². The molecule has 17 aromatic carbocycles. The normalized spacial score (nSPS) is 15.0. The van der Waals surface area contributed by atoms with Gasteiger partial charge in [-0.1, -0.05) is 328 Å². The zero-order chi connectivity index (χ0) is 70.7. The predicted octanol–water partition coefficient (Wildman–Crippen LogP) is 23.6. The van der Waals surface area contributed by atoms with Crippen LogP contribution in [0.15, 0.2) is 376 Å². The second-order valence-electron chi connectivity index (χ2n) is 31.0. The lowest BCUT2D eigenvalue weighted by Gasteiger charge is -2.46. The molecule has 2 aliphatic heterocycles. The first-order valence-electron chi connectivity index (χ1n) is 38.4. The molecule has 0 unspecified atom stereocenters. The summed E-state index contributed by atoms with van der Waals surface area (Å²) in [4.78, 5) is 5.52. The van der Waals surface area contributed by atoms with E-state index in [1.54, 1.807) is 0 Å². The van der Waals surface area contributed by atoms with Gasteiger partial charge in [0.15, 0.2) is 0 Å². The van der Waals surface area contributed by atoms with Gasteiger partial charge >= 0.3 is 0 Å². The third-order valence-corrected chi connectivity index (χ3v) is 26.6.